The van der Waals surface area contributed by atoms with E-state index in [1.807, 2.05) is 0 Å². The van der Waals surface area contributed by atoms with Crippen molar-refractivity contribution in [3.05, 3.63) is 29.8 Å². The van der Waals surface area contributed by atoms with Gasteiger partial charge in [0.15, 0.2) is 0 Å². The second-order valence-electron chi connectivity index (χ2n) is 3.87. The molecule has 1 aliphatic heterocycles. The Morgan fingerprint density at radius 2 is 2.18 bits per heavy atom. The maximum absolute atomic E-state index is 11.7. The molecule has 0 saturated carbocycles. The number of rotatable bonds is 2. The molecular weight excluding hydrogens is 240 g/mol. The Balaban J connectivity index is 2.37. The van der Waals surface area contributed by atoms with Crippen molar-refractivity contribution in [2.24, 2.45) is 0 Å². The van der Waals surface area contributed by atoms with Crippen molar-refractivity contribution < 1.29 is 13.2 Å². The average Bonchev–Trinajstić information content (AvgIpc) is 2.68. The van der Waals surface area contributed by atoms with Crippen LogP contribution in [0.25, 0.3) is 0 Å². The predicted octanol–water partition coefficient (Wildman–Crippen LogP) is 0.586. The molecule has 1 heterocycles. The monoisotopic (exact) mass is 254 g/mol. The van der Waals surface area contributed by atoms with Crippen molar-refractivity contribution in [1.82, 2.24) is 5.32 Å². The molecule has 0 spiro atoms. The molecule has 0 unspecified atom stereocenters. The van der Waals surface area contributed by atoms with Gasteiger partial charge in [-0.2, -0.15) is 0 Å². The Bertz CT molecular complexity index is 539. The van der Waals surface area contributed by atoms with Gasteiger partial charge in [0, 0.05) is 19.2 Å². The number of anilines is 1. The van der Waals surface area contributed by atoms with Crippen LogP contribution in [0.3, 0.4) is 0 Å². The molecule has 0 aromatic heterocycles. The Morgan fingerprint density at radius 3 is 2.76 bits per heavy atom. The normalized spacial score (nSPS) is 18.1. The number of carbonyl (C=O) groups is 1. The van der Waals surface area contributed by atoms with Crippen molar-refractivity contribution in [1.29, 1.82) is 0 Å². The number of carbonyl (C=O) groups excluding carboxylic acids is 1. The first-order valence-electron chi connectivity index (χ1n) is 5.37. The first kappa shape index (κ1) is 11.9. The summed E-state index contributed by atoms with van der Waals surface area (Å²) in [6.45, 7) is 0.486. The van der Waals surface area contributed by atoms with Gasteiger partial charge in [0.25, 0.3) is 5.91 Å². The topological polar surface area (TPSA) is 66.5 Å². The maximum Gasteiger partial charge on any atom is 0.251 e. The molecule has 0 bridgehead atoms. The summed E-state index contributed by atoms with van der Waals surface area (Å²) < 4.78 is 24.8. The predicted molar refractivity (Wildman–Crippen MR) is 65.6 cm³/mol. The summed E-state index contributed by atoms with van der Waals surface area (Å²) in [4.78, 5) is 11.5. The van der Waals surface area contributed by atoms with E-state index in [0.29, 0.717) is 24.2 Å². The van der Waals surface area contributed by atoms with Gasteiger partial charge in [-0.1, -0.05) is 6.07 Å². The van der Waals surface area contributed by atoms with Crippen LogP contribution < -0.4 is 9.62 Å². The van der Waals surface area contributed by atoms with E-state index in [1.165, 1.54) is 4.31 Å². The van der Waals surface area contributed by atoms with Crippen LogP contribution in [-0.2, 0) is 10.0 Å². The van der Waals surface area contributed by atoms with Crippen LogP contribution in [0.2, 0.25) is 0 Å². The lowest BCUT2D eigenvalue weighted by atomic mass is 10.2. The molecular formula is C11H14N2O3S. The number of hydrogen-bond donors (Lipinski definition) is 1. The molecule has 0 radical (unpaired) electrons. The van der Waals surface area contributed by atoms with E-state index in [9.17, 15) is 13.2 Å². The van der Waals surface area contributed by atoms with Crippen LogP contribution in [0.4, 0.5) is 5.69 Å². The summed E-state index contributed by atoms with van der Waals surface area (Å²) >= 11 is 0. The van der Waals surface area contributed by atoms with Gasteiger partial charge in [0.05, 0.1) is 11.4 Å². The fourth-order valence-corrected chi connectivity index (χ4v) is 3.43. The molecule has 2 rings (SSSR count). The van der Waals surface area contributed by atoms with Crippen LogP contribution in [0.1, 0.15) is 16.8 Å². The Labute approximate surface area is 100 Å². The summed E-state index contributed by atoms with van der Waals surface area (Å²) in [7, 11) is -1.64. The molecule has 5 nitrogen and oxygen atoms in total. The zero-order valence-electron chi connectivity index (χ0n) is 9.51. The molecule has 1 fully saturated rings. The molecule has 17 heavy (non-hydrogen) atoms. The zero-order chi connectivity index (χ0) is 12.5. The number of hydrogen-bond acceptors (Lipinski definition) is 3. The molecule has 1 aromatic rings. The molecule has 1 aliphatic rings. The minimum Gasteiger partial charge on any atom is -0.355 e. The Hall–Kier alpha value is -1.56. The zero-order valence-corrected chi connectivity index (χ0v) is 10.3. The van der Waals surface area contributed by atoms with E-state index in [-0.39, 0.29) is 11.7 Å². The van der Waals surface area contributed by atoms with Crippen LogP contribution in [0.15, 0.2) is 24.3 Å². The largest absolute Gasteiger partial charge is 0.355 e. The molecule has 6 heteroatoms. The van der Waals surface area contributed by atoms with Crippen molar-refractivity contribution >= 4 is 21.6 Å². The Morgan fingerprint density at radius 1 is 1.41 bits per heavy atom. The first-order chi connectivity index (χ1) is 8.04. The van der Waals surface area contributed by atoms with E-state index in [1.54, 1.807) is 31.3 Å². The fourth-order valence-electron chi connectivity index (χ4n) is 1.88. The number of amides is 1. The van der Waals surface area contributed by atoms with Gasteiger partial charge in [0.2, 0.25) is 10.0 Å². The van der Waals surface area contributed by atoms with E-state index in [0.717, 1.165) is 0 Å². The second kappa shape index (κ2) is 4.37. The lowest BCUT2D eigenvalue weighted by Crippen LogP contribution is -2.25. The lowest BCUT2D eigenvalue weighted by molar-refractivity contribution is 0.0963. The highest BCUT2D eigenvalue weighted by molar-refractivity contribution is 7.93. The van der Waals surface area contributed by atoms with Gasteiger partial charge in [-0.05, 0) is 24.6 Å². The summed E-state index contributed by atoms with van der Waals surface area (Å²) in [5.74, 6) is -0.0413. The van der Waals surface area contributed by atoms with Gasteiger partial charge in [-0.3, -0.25) is 9.10 Å². The first-order valence-corrected chi connectivity index (χ1v) is 6.98. The molecule has 1 saturated heterocycles. The van der Waals surface area contributed by atoms with Crippen molar-refractivity contribution in [3.8, 4) is 0 Å². The molecule has 1 amide bonds. The van der Waals surface area contributed by atoms with Gasteiger partial charge < -0.3 is 5.32 Å². The molecule has 1 N–H and O–H groups in total. The average molecular weight is 254 g/mol. The Kier molecular flexibility index (Phi) is 3.06. The number of sulfonamides is 1. The van der Waals surface area contributed by atoms with E-state index in [2.05, 4.69) is 5.32 Å². The van der Waals surface area contributed by atoms with Crippen LogP contribution in [0, 0.1) is 0 Å². The standard InChI is InChI=1S/C11H14N2O3S/c1-12-11(14)9-4-2-5-10(8-9)13-6-3-7-17(13,15)16/h2,4-5,8H,3,6-7H2,1H3,(H,12,14). The van der Waals surface area contributed by atoms with E-state index in [4.69, 9.17) is 0 Å². The van der Waals surface area contributed by atoms with Crippen LogP contribution in [0.5, 0.6) is 0 Å². The summed E-state index contributed by atoms with van der Waals surface area (Å²) in [5, 5.41) is 2.51. The van der Waals surface area contributed by atoms with Crippen LogP contribution >= 0.6 is 0 Å². The fraction of sp³-hybridized carbons (Fsp3) is 0.364. The number of benzene rings is 1. The van der Waals surface area contributed by atoms with Crippen molar-refractivity contribution in [2.75, 3.05) is 23.7 Å². The lowest BCUT2D eigenvalue weighted by Gasteiger charge is -2.17. The van der Waals surface area contributed by atoms with Gasteiger partial charge in [0.1, 0.15) is 0 Å². The SMILES string of the molecule is CNC(=O)c1cccc(N2CCCS2(=O)=O)c1. The number of nitrogens with zero attached hydrogens (tertiary/aromatic N) is 1. The molecule has 92 valence electrons. The smallest absolute Gasteiger partial charge is 0.251 e. The van der Waals surface area contributed by atoms with Crippen LogP contribution in [-0.4, -0.2) is 33.7 Å². The third kappa shape index (κ3) is 2.26. The highest BCUT2D eigenvalue weighted by Gasteiger charge is 2.28. The number of nitrogens with one attached hydrogen (secondary N) is 1. The highest BCUT2D eigenvalue weighted by Crippen LogP contribution is 2.24. The third-order valence-electron chi connectivity index (χ3n) is 2.72. The maximum atomic E-state index is 11.7. The summed E-state index contributed by atoms with van der Waals surface area (Å²) in [6, 6.07) is 6.65. The van der Waals surface area contributed by atoms with Gasteiger partial charge >= 0.3 is 0 Å². The van der Waals surface area contributed by atoms with Crippen molar-refractivity contribution in [3.63, 3.8) is 0 Å². The van der Waals surface area contributed by atoms with Crippen molar-refractivity contribution in [2.45, 2.75) is 6.42 Å². The van der Waals surface area contributed by atoms with Gasteiger partial charge in [-0.15, -0.1) is 0 Å². The summed E-state index contributed by atoms with van der Waals surface area (Å²) in [6.07, 6.45) is 0.631. The van der Waals surface area contributed by atoms with E-state index >= 15 is 0 Å². The second-order valence-corrected chi connectivity index (χ2v) is 5.88. The quantitative estimate of drug-likeness (QED) is 0.839. The third-order valence-corrected chi connectivity index (χ3v) is 4.59. The molecule has 0 atom stereocenters. The highest BCUT2D eigenvalue weighted by atomic mass is 32.2. The minimum absolute atomic E-state index is 0.178. The van der Waals surface area contributed by atoms with E-state index < -0.39 is 10.0 Å². The minimum atomic E-state index is -3.19. The summed E-state index contributed by atoms with van der Waals surface area (Å²) in [5.41, 5.74) is 1.02. The molecule has 0 aliphatic carbocycles. The van der Waals surface area contributed by atoms with Gasteiger partial charge in [-0.25, -0.2) is 8.42 Å². The molecule has 1 aromatic carbocycles.